The van der Waals surface area contributed by atoms with Crippen LogP contribution in [0.15, 0.2) is 224 Å². The van der Waals surface area contributed by atoms with Gasteiger partial charge >= 0.3 is 0 Å². The molecule has 0 aliphatic heterocycles. The number of rotatable bonds is 5. The van der Waals surface area contributed by atoms with Gasteiger partial charge in [-0.2, -0.15) is 0 Å². The normalized spacial score (nSPS) is 15.7. The van der Waals surface area contributed by atoms with E-state index in [-0.39, 0.29) is 21.7 Å². The lowest BCUT2D eigenvalue weighted by Crippen LogP contribution is -2.19. The van der Waals surface area contributed by atoms with Crippen LogP contribution in [0.1, 0.15) is 99.9 Å². The van der Waals surface area contributed by atoms with E-state index in [9.17, 15) is 0 Å². The van der Waals surface area contributed by atoms with Crippen LogP contribution in [0.3, 0.4) is 0 Å². The molecule has 16 rings (SSSR count). The highest BCUT2D eigenvalue weighted by Crippen LogP contribution is 2.57. The first-order valence-corrected chi connectivity index (χ1v) is 28.4. The maximum atomic E-state index is 2.53. The van der Waals surface area contributed by atoms with Gasteiger partial charge in [0.15, 0.2) is 0 Å². The summed E-state index contributed by atoms with van der Waals surface area (Å²) in [6.07, 6.45) is 0. The topological polar surface area (TPSA) is 3.24 Å². The molecule has 12 aromatic rings. The summed E-state index contributed by atoms with van der Waals surface area (Å²) in [6, 6.07) is 86.3. The Morgan fingerprint density at radius 1 is 0.203 bits per heavy atom. The van der Waals surface area contributed by atoms with E-state index in [1.54, 1.807) is 0 Å². The maximum Gasteiger partial charge on any atom is 0.0465 e. The lowest BCUT2D eigenvalue weighted by atomic mass is 9.80. The van der Waals surface area contributed by atoms with Crippen molar-refractivity contribution in [3.05, 3.63) is 269 Å². The standard InChI is InChI=1S/C78H61N/c1-75(2)69-28-18-15-25-57(69)66-39-46(30-38-70(66)75)62-44-64-54-22-12-10-20-52(54)63(45-65(64)53-21-11-9-19-51(53)62)47-29-34-58-61-37-33-50(43-74(61)78(7,8)71(58)40-47)79(48-31-35-59-55-23-13-16-26-67(55)76(3,4)72(59)41-48)49-32-36-60-56-24-14-17-27-68(56)77(5,6)73(60)42-49/h9-45H,1-8H3. The Morgan fingerprint density at radius 2 is 0.506 bits per heavy atom. The Hall–Kier alpha value is -8.78. The molecule has 0 aromatic heterocycles. The Bertz CT molecular complexity index is 4560. The minimum atomic E-state index is -0.272. The summed E-state index contributed by atoms with van der Waals surface area (Å²) >= 11 is 0. The number of hydrogen-bond donors (Lipinski definition) is 0. The molecule has 0 saturated carbocycles. The molecule has 0 heterocycles. The first kappa shape index (κ1) is 46.3. The van der Waals surface area contributed by atoms with Crippen molar-refractivity contribution in [1.82, 2.24) is 0 Å². The number of benzene rings is 12. The largest absolute Gasteiger partial charge is 0.310 e. The molecule has 0 amide bonds. The second-order valence-corrected chi connectivity index (χ2v) is 25.2. The Balaban J connectivity index is 0.824. The van der Waals surface area contributed by atoms with Crippen molar-refractivity contribution in [3.8, 4) is 66.8 Å². The number of nitrogens with zero attached hydrogens (tertiary/aromatic N) is 1. The Kier molecular flexibility index (Phi) is 9.34. The fourth-order valence-corrected chi connectivity index (χ4v) is 15.5. The summed E-state index contributed by atoms with van der Waals surface area (Å²) < 4.78 is 0. The van der Waals surface area contributed by atoms with Gasteiger partial charge < -0.3 is 4.90 Å². The van der Waals surface area contributed by atoms with Gasteiger partial charge in [-0.05, 0) is 204 Å². The van der Waals surface area contributed by atoms with Crippen molar-refractivity contribution in [3.63, 3.8) is 0 Å². The van der Waals surface area contributed by atoms with Crippen LogP contribution in [-0.2, 0) is 21.7 Å². The maximum absolute atomic E-state index is 2.53. The average Bonchev–Trinajstić information content (AvgIpc) is 4.08. The summed E-state index contributed by atoms with van der Waals surface area (Å²) in [5, 5.41) is 7.68. The fraction of sp³-hybridized carbons (Fsp3) is 0.154. The molecular formula is C78H61N. The summed E-state index contributed by atoms with van der Waals surface area (Å²) in [6.45, 7) is 19.2. The molecule has 12 aromatic carbocycles. The molecular weight excluding hydrogens is 951 g/mol. The number of anilines is 3. The van der Waals surface area contributed by atoms with Gasteiger partial charge in [-0.1, -0.05) is 219 Å². The molecule has 378 valence electrons. The van der Waals surface area contributed by atoms with E-state index in [0.29, 0.717) is 0 Å². The molecule has 0 atom stereocenters. The SMILES string of the molecule is CC1(C)c2ccccc2-c2cc(-c3cc4c5ccccc5c(-c5ccc6c(c5)C(C)(C)c5cc(N(c7ccc8c(c7)C(C)(C)c7ccccc7-8)c7ccc8c(c7)C(C)(C)c7ccccc7-8)ccc5-6)cc4c4ccccc34)ccc21. The minimum Gasteiger partial charge on any atom is -0.310 e. The van der Waals surface area contributed by atoms with Crippen molar-refractivity contribution in [1.29, 1.82) is 0 Å². The molecule has 0 fully saturated rings. The zero-order chi connectivity index (χ0) is 53.5. The fourth-order valence-electron chi connectivity index (χ4n) is 15.5. The van der Waals surface area contributed by atoms with Gasteiger partial charge in [0.05, 0.1) is 0 Å². The lowest BCUT2D eigenvalue weighted by molar-refractivity contribution is 0.659. The lowest BCUT2D eigenvalue weighted by Gasteiger charge is -2.31. The van der Waals surface area contributed by atoms with E-state index in [2.05, 4.69) is 285 Å². The highest BCUT2D eigenvalue weighted by molar-refractivity contribution is 6.24. The van der Waals surface area contributed by atoms with Gasteiger partial charge in [0.1, 0.15) is 0 Å². The van der Waals surface area contributed by atoms with Crippen LogP contribution in [0.4, 0.5) is 17.1 Å². The molecule has 79 heavy (non-hydrogen) atoms. The van der Waals surface area contributed by atoms with Crippen LogP contribution in [0.5, 0.6) is 0 Å². The molecule has 1 heteroatoms. The van der Waals surface area contributed by atoms with Crippen LogP contribution in [0.25, 0.3) is 99.1 Å². The van der Waals surface area contributed by atoms with Gasteiger partial charge in [-0.25, -0.2) is 0 Å². The van der Waals surface area contributed by atoms with Crippen LogP contribution < -0.4 is 4.90 Å². The quantitative estimate of drug-likeness (QED) is 0.155. The third-order valence-electron chi connectivity index (χ3n) is 19.7. The molecule has 0 saturated heterocycles. The number of hydrogen-bond acceptors (Lipinski definition) is 1. The monoisotopic (exact) mass is 1010 g/mol. The van der Waals surface area contributed by atoms with E-state index in [4.69, 9.17) is 0 Å². The summed E-state index contributed by atoms with van der Waals surface area (Å²) in [4.78, 5) is 2.53. The Labute approximate surface area is 464 Å². The van der Waals surface area contributed by atoms with E-state index in [1.165, 1.54) is 161 Å². The zero-order valence-electron chi connectivity index (χ0n) is 46.3. The Morgan fingerprint density at radius 3 is 0.962 bits per heavy atom. The van der Waals surface area contributed by atoms with E-state index >= 15 is 0 Å². The molecule has 4 aliphatic rings. The van der Waals surface area contributed by atoms with Gasteiger partial charge in [-0.3, -0.25) is 0 Å². The molecule has 0 bridgehead atoms. The van der Waals surface area contributed by atoms with Crippen LogP contribution >= 0.6 is 0 Å². The third-order valence-corrected chi connectivity index (χ3v) is 19.7. The highest BCUT2D eigenvalue weighted by Gasteiger charge is 2.41. The van der Waals surface area contributed by atoms with Crippen molar-refractivity contribution < 1.29 is 0 Å². The van der Waals surface area contributed by atoms with Gasteiger partial charge in [0.25, 0.3) is 0 Å². The zero-order valence-corrected chi connectivity index (χ0v) is 46.3. The van der Waals surface area contributed by atoms with E-state index in [1.807, 2.05) is 0 Å². The van der Waals surface area contributed by atoms with Gasteiger partial charge in [-0.15, -0.1) is 0 Å². The van der Waals surface area contributed by atoms with Crippen LogP contribution in [0, 0.1) is 0 Å². The average molecular weight is 1010 g/mol. The summed E-state index contributed by atoms with van der Waals surface area (Å²) in [5.74, 6) is 0. The van der Waals surface area contributed by atoms with Crippen molar-refractivity contribution in [2.75, 3.05) is 4.90 Å². The molecule has 0 N–H and O–H groups in total. The molecule has 1 nitrogen and oxygen atoms in total. The molecule has 4 aliphatic carbocycles. The predicted molar refractivity (Wildman–Crippen MR) is 335 cm³/mol. The second kappa shape index (κ2) is 15.9. The minimum absolute atomic E-state index is 0.0356. The van der Waals surface area contributed by atoms with Crippen LogP contribution in [-0.4, -0.2) is 0 Å². The predicted octanol–water partition coefficient (Wildman–Crippen LogP) is 21.2. The van der Waals surface area contributed by atoms with E-state index in [0.717, 1.165) is 0 Å². The molecule has 0 spiro atoms. The first-order valence-electron chi connectivity index (χ1n) is 28.4. The van der Waals surface area contributed by atoms with Gasteiger partial charge in [0, 0.05) is 38.7 Å². The summed E-state index contributed by atoms with van der Waals surface area (Å²) in [5.41, 5.74) is 29.7. The third kappa shape index (κ3) is 6.28. The van der Waals surface area contributed by atoms with Crippen LogP contribution in [0.2, 0.25) is 0 Å². The first-order chi connectivity index (χ1) is 38.2. The van der Waals surface area contributed by atoms with Gasteiger partial charge in [0.2, 0.25) is 0 Å². The van der Waals surface area contributed by atoms with Crippen molar-refractivity contribution >= 4 is 49.4 Å². The van der Waals surface area contributed by atoms with E-state index < -0.39 is 0 Å². The van der Waals surface area contributed by atoms with Crippen molar-refractivity contribution in [2.45, 2.75) is 77.0 Å². The number of fused-ring (bicyclic) bond motifs is 17. The molecule has 0 radical (unpaired) electrons. The highest BCUT2D eigenvalue weighted by atomic mass is 15.1. The second-order valence-electron chi connectivity index (χ2n) is 25.2. The molecule has 0 unspecified atom stereocenters. The van der Waals surface area contributed by atoms with Crippen molar-refractivity contribution in [2.24, 2.45) is 0 Å². The smallest absolute Gasteiger partial charge is 0.0465 e. The summed E-state index contributed by atoms with van der Waals surface area (Å²) in [7, 11) is 0.